The Balaban J connectivity index is 1.64. The molecule has 17 atom stereocenters. The highest BCUT2D eigenvalue weighted by Gasteiger charge is 2.53. The van der Waals surface area contributed by atoms with Crippen LogP contribution >= 0.6 is 0 Å². The number of epoxide rings is 1. The Morgan fingerprint density at radius 3 is 2.29 bits per heavy atom. The molecule has 2 N–H and O–H groups in total. The molecule has 4 aliphatic rings. The molecule has 4 aliphatic heterocycles. The van der Waals surface area contributed by atoms with Crippen LogP contribution in [0.4, 0.5) is 0 Å². The first-order chi connectivity index (χ1) is 27.6. The Bertz CT molecular complexity index is 1470. The van der Waals surface area contributed by atoms with Crippen molar-refractivity contribution in [3.05, 3.63) is 12.2 Å². The first-order valence-corrected chi connectivity index (χ1v) is 20.7. The Morgan fingerprint density at radius 2 is 1.69 bits per heavy atom. The number of aldehydes is 1. The van der Waals surface area contributed by atoms with Gasteiger partial charge in [0.15, 0.2) is 24.5 Å². The number of fused-ring (bicyclic) bond motifs is 1. The quantitative estimate of drug-likeness (QED) is 0.125. The first kappa shape index (κ1) is 48.8. The van der Waals surface area contributed by atoms with E-state index < -0.39 is 115 Å². The molecule has 0 aliphatic carbocycles. The Labute approximate surface area is 347 Å². The highest BCUT2D eigenvalue weighted by Crippen LogP contribution is 2.38. The summed E-state index contributed by atoms with van der Waals surface area (Å²) in [4.78, 5) is 65.8. The van der Waals surface area contributed by atoms with Crippen molar-refractivity contribution in [2.75, 3.05) is 21.2 Å². The lowest BCUT2D eigenvalue weighted by Gasteiger charge is -2.50. The molecule has 0 spiro atoms. The summed E-state index contributed by atoms with van der Waals surface area (Å²) in [5.74, 6) is -3.35. The smallest absolute Gasteiger partial charge is 0.309 e. The van der Waals surface area contributed by atoms with Gasteiger partial charge in [0.05, 0.1) is 36.9 Å². The van der Waals surface area contributed by atoms with Crippen molar-refractivity contribution in [3.63, 3.8) is 0 Å². The van der Waals surface area contributed by atoms with Crippen molar-refractivity contribution >= 4 is 30.0 Å². The maximum Gasteiger partial charge on any atom is 0.309 e. The largest absolute Gasteiger partial charge is 0.462 e. The SMILES string of the molecule is CO[C@H]1[C@@H](O[C@@H]2O[C@H](C)[C@H](O[C@@H]3C[C@](C)(O)[C@H](OC(=O)CC(C)C)[C@H](C)O3)[C@@H](N(C)C)[C@H]2O)[C@@H](CC=O)C[C@@H](C)C(=O)/C=C/[C@H]2O[C@H]2C[C@@H](C)OC(=O)C[C@H]1OC(C)=O. The standard InChI is InChI=1S/C42H67NO16/c1-21(2)16-32(47)57-40-25(6)53-34(20-42(40,8)50)58-37-24(5)54-41(36(49)35(37)43(9)10)59-38-27(14-15-44)17-22(3)28(46)12-13-29-30(56-29)18-23(4)52-33(48)19-31(39(38)51-11)55-26(7)45/h12-13,15,21-25,27,29-31,34-41,49-50H,14,16-20H2,1-11H3/b13-12+/t22-,23-,24-,25+,27+,29-,30+,31-,34-,35+,36-,37+,38+,39-,40-,41+,42+/m1/s1. The molecule has 17 heteroatoms. The number of rotatable bonds is 12. The van der Waals surface area contributed by atoms with E-state index in [1.165, 1.54) is 20.1 Å². The maximum absolute atomic E-state index is 13.4. The van der Waals surface area contributed by atoms with Gasteiger partial charge in [-0.1, -0.05) is 20.8 Å². The van der Waals surface area contributed by atoms with Gasteiger partial charge < -0.3 is 62.5 Å². The summed E-state index contributed by atoms with van der Waals surface area (Å²) >= 11 is 0. The Morgan fingerprint density at radius 1 is 1.00 bits per heavy atom. The third-order valence-corrected chi connectivity index (χ3v) is 11.4. The highest BCUT2D eigenvalue weighted by atomic mass is 16.7. The molecule has 0 bridgehead atoms. The number of esters is 3. The fourth-order valence-electron chi connectivity index (χ4n) is 8.51. The summed E-state index contributed by atoms with van der Waals surface area (Å²) in [7, 11) is 4.82. The first-order valence-electron chi connectivity index (χ1n) is 20.7. The number of nitrogens with zero attached hydrogens (tertiary/aromatic N) is 1. The molecule has 59 heavy (non-hydrogen) atoms. The van der Waals surface area contributed by atoms with Crippen molar-refractivity contribution < 1.29 is 76.8 Å². The number of hydrogen-bond donors (Lipinski definition) is 2. The van der Waals surface area contributed by atoms with Crippen LogP contribution in [-0.2, 0) is 66.6 Å². The van der Waals surface area contributed by atoms with Crippen LogP contribution in [0.3, 0.4) is 0 Å². The van der Waals surface area contributed by atoms with Crippen molar-refractivity contribution in [2.24, 2.45) is 17.8 Å². The summed E-state index contributed by atoms with van der Waals surface area (Å²) in [5.41, 5.74) is -1.51. The number of aliphatic hydroxyl groups is 2. The zero-order valence-corrected chi connectivity index (χ0v) is 36.3. The van der Waals surface area contributed by atoms with Gasteiger partial charge in [0.2, 0.25) is 0 Å². The molecule has 0 saturated carbocycles. The molecule has 0 radical (unpaired) electrons. The second kappa shape index (κ2) is 21.3. The highest BCUT2D eigenvalue weighted by molar-refractivity contribution is 5.91. The topological polar surface area (TPSA) is 215 Å². The lowest BCUT2D eigenvalue weighted by atomic mass is 9.83. The number of likely N-dealkylation sites (N-methyl/N-ethyl adjacent to an activating group) is 1. The summed E-state index contributed by atoms with van der Waals surface area (Å²) in [6, 6.07) is -0.800. The predicted molar refractivity (Wildman–Crippen MR) is 208 cm³/mol. The number of ether oxygens (including phenoxy) is 9. The van der Waals surface area contributed by atoms with Crippen molar-refractivity contribution in [1.29, 1.82) is 0 Å². The minimum Gasteiger partial charge on any atom is -0.462 e. The van der Waals surface area contributed by atoms with Crippen LogP contribution in [0.15, 0.2) is 12.2 Å². The number of hydrogen-bond acceptors (Lipinski definition) is 17. The average Bonchev–Trinajstić information content (AvgIpc) is 3.85. The number of allylic oxidation sites excluding steroid dienone is 1. The van der Waals surface area contributed by atoms with E-state index in [0.717, 1.165) is 0 Å². The second-order valence-electron chi connectivity index (χ2n) is 17.5. The van der Waals surface area contributed by atoms with Crippen molar-refractivity contribution in [3.8, 4) is 0 Å². The van der Waals surface area contributed by atoms with E-state index in [4.69, 9.17) is 42.6 Å². The third-order valence-electron chi connectivity index (χ3n) is 11.4. The van der Waals surface area contributed by atoms with E-state index in [-0.39, 0.29) is 49.6 Å². The normalized spacial score (nSPS) is 41.7. The molecule has 4 rings (SSSR count). The molecule has 0 aromatic rings. The molecule has 17 nitrogen and oxygen atoms in total. The van der Waals surface area contributed by atoms with Gasteiger partial charge in [0.25, 0.3) is 0 Å². The molecule has 0 aromatic carbocycles. The van der Waals surface area contributed by atoms with Crippen LogP contribution in [0.5, 0.6) is 0 Å². The van der Waals surface area contributed by atoms with E-state index in [2.05, 4.69) is 0 Å². The average molecular weight is 842 g/mol. The number of methoxy groups -OCH3 is 1. The van der Waals surface area contributed by atoms with E-state index >= 15 is 0 Å². The fraction of sp³-hybridized carbons (Fsp3) is 0.833. The number of aliphatic hydroxyl groups excluding tert-OH is 1. The van der Waals surface area contributed by atoms with E-state index in [9.17, 15) is 34.2 Å². The molecule has 4 heterocycles. The molecule has 336 valence electrons. The van der Waals surface area contributed by atoms with Crippen LogP contribution in [0.25, 0.3) is 0 Å². The van der Waals surface area contributed by atoms with Gasteiger partial charge in [-0.25, -0.2) is 0 Å². The minimum absolute atomic E-state index is 0.0551. The van der Waals surface area contributed by atoms with Crippen LogP contribution in [-0.4, -0.2) is 158 Å². The molecule has 3 saturated heterocycles. The molecular weight excluding hydrogens is 774 g/mol. The maximum atomic E-state index is 13.4. The summed E-state index contributed by atoms with van der Waals surface area (Å²) in [5, 5.41) is 23.5. The fourth-order valence-corrected chi connectivity index (χ4v) is 8.51. The summed E-state index contributed by atoms with van der Waals surface area (Å²) < 4.78 is 54.2. The number of ketones is 1. The summed E-state index contributed by atoms with van der Waals surface area (Å²) in [6.45, 7) is 13.4. The number of carbonyl (C=O) groups excluding carboxylic acids is 5. The van der Waals surface area contributed by atoms with E-state index in [0.29, 0.717) is 12.7 Å². The molecule has 0 unspecified atom stereocenters. The van der Waals surface area contributed by atoms with Gasteiger partial charge in [0, 0.05) is 45.6 Å². The monoisotopic (exact) mass is 841 g/mol. The van der Waals surface area contributed by atoms with Gasteiger partial charge in [-0.2, -0.15) is 0 Å². The summed E-state index contributed by atoms with van der Waals surface area (Å²) in [6.07, 6.45) is -7.99. The van der Waals surface area contributed by atoms with Gasteiger partial charge in [-0.3, -0.25) is 19.2 Å². The second-order valence-corrected chi connectivity index (χ2v) is 17.5. The molecule has 3 fully saturated rings. The minimum atomic E-state index is -1.51. The van der Waals surface area contributed by atoms with E-state index in [1.54, 1.807) is 59.7 Å². The van der Waals surface area contributed by atoms with Crippen LogP contribution in [0.2, 0.25) is 0 Å². The Hall–Kier alpha value is -2.87. The lowest BCUT2D eigenvalue weighted by molar-refractivity contribution is -0.344. The Kier molecular flexibility index (Phi) is 17.6. The third kappa shape index (κ3) is 13.3. The van der Waals surface area contributed by atoms with Crippen molar-refractivity contribution in [1.82, 2.24) is 4.90 Å². The molecular formula is C42H67NO16. The van der Waals surface area contributed by atoms with Crippen LogP contribution in [0.1, 0.15) is 93.9 Å². The molecule has 0 aromatic heterocycles. The zero-order chi connectivity index (χ0) is 43.9. The van der Waals surface area contributed by atoms with Gasteiger partial charge >= 0.3 is 17.9 Å². The number of carbonyl (C=O) groups is 5. The van der Waals surface area contributed by atoms with Gasteiger partial charge in [-0.05, 0) is 72.2 Å². The number of cyclic esters (lactones) is 1. The van der Waals surface area contributed by atoms with Gasteiger partial charge in [-0.15, -0.1) is 0 Å². The van der Waals surface area contributed by atoms with E-state index in [1.807, 2.05) is 13.8 Å². The van der Waals surface area contributed by atoms with Gasteiger partial charge in [0.1, 0.15) is 48.5 Å². The van der Waals surface area contributed by atoms with Crippen LogP contribution < -0.4 is 0 Å². The van der Waals surface area contributed by atoms with Crippen molar-refractivity contribution in [2.45, 2.75) is 185 Å². The van der Waals surface area contributed by atoms with Crippen LogP contribution in [0, 0.1) is 17.8 Å². The zero-order valence-electron chi connectivity index (χ0n) is 36.3. The predicted octanol–water partition coefficient (Wildman–Crippen LogP) is 2.43. The molecule has 0 amide bonds. The lowest BCUT2D eigenvalue weighted by Crippen LogP contribution is -2.66.